The quantitative estimate of drug-likeness (QED) is 0.412. The molecule has 132 valence electrons. The molecule has 0 radical (unpaired) electrons. The molecular weight excluding hydrogens is 335 g/mol. The van der Waals surface area contributed by atoms with Crippen LogP contribution in [0.4, 0.5) is 11.5 Å². The number of hydrogen-bond donors (Lipinski definition) is 4. The molecule has 0 bridgehead atoms. The number of nitriles is 1. The van der Waals surface area contributed by atoms with Crippen LogP contribution in [0.2, 0.25) is 0 Å². The summed E-state index contributed by atoms with van der Waals surface area (Å²) in [6, 6.07) is 2.00. The van der Waals surface area contributed by atoms with Gasteiger partial charge in [0.25, 0.3) is 5.56 Å². The van der Waals surface area contributed by atoms with Crippen LogP contribution < -0.4 is 16.2 Å². The lowest BCUT2D eigenvalue weighted by atomic mass is 10.3. The van der Waals surface area contributed by atoms with Crippen LogP contribution in [0.3, 0.4) is 0 Å². The summed E-state index contributed by atoms with van der Waals surface area (Å²) in [5.41, 5.74) is 5.20. The van der Waals surface area contributed by atoms with Crippen molar-refractivity contribution in [3.05, 3.63) is 29.5 Å². The van der Waals surface area contributed by atoms with E-state index < -0.39 is 13.2 Å². The highest BCUT2D eigenvalue weighted by molar-refractivity contribution is 7.51. The van der Waals surface area contributed by atoms with Crippen LogP contribution >= 0.6 is 7.60 Å². The predicted octanol–water partition coefficient (Wildman–Crippen LogP) is -0.305. The number of aromatic amines is 1. The lowest BCUT2D eigenvalue weighted by Gasteiger charge is -2.26. The fourth-order valence-electron chi connectivity index (χ4n) is 1.98. The molecule has 1 aromatic heterocycles. The van der Waals surface area contributed by atoms with Gasteiger partial charge in [0.05, 0.1) is 18.6 Å². The molecule has 24 heavy (non-hydrogen) atoms. The van der Waals surface area contributed by atoms with Crippen molar-refractivity contribution in [3.8, 4) is 6.07 Å². The molecule has 0 atom stereocenters. The average Bonchev–Trinajstić information content (AvgIpc) is 2.52. The van der Waals surface area contributed by atoms with Gasteiger partial charge in [0.1, 0.15) is 5.69 Å². The van der Waals surface area contributed by atoms with Crippen molar-refractivity contribution in [2.24, 2.45) is 0 Å². The Balaban J connectivity index is 2.76. The number of H-pyrrole nitrogens is 1. The Bertz CT molecular complexity index is 694. The molecule has 0 spiro atoms. The molecule has 0 amide bonds. The van der Waals surface area contributed by atoms with Gasteiger partial charge in [-0.25, -0.2) is 4.98 Å². The number of nitrogen functional groups attached to an aromatic ring is 1. The first-order chi connectivity index (χ1) is 11.3. The Morgan fingerprint density at radius 1 is 1.42 bits per heavy atom. The van der Waals surface area contributed by atoms with Crippen molar-refractivity contribution in [2.45, 2.75) is 6.42 Å². The van der Waals surface area contributed by atoms with Gasteiger partial charge >= 0.3 is 7.60 Å². The lowest BCUT2D eigenvalue weighted by Crippen LogP contribution is -2.36. The molecule has 0 saturated carbocycles. The standard InChI is InChI=1S/C13H21N6O4P/c1-2-19(12-11(15)13(20)17-10-16-12)7-6-18(5-3-4-14)8-9-24(21,22)23/h2,10H,1,3,5-9,15H2,(H,16,17,20)(H2,21,22,23). The minimum atomic E-state index is -4.11. The Kier molecular flexibility index (Phi) is 7.61. The molecule has 0 aliphatic heterocycles. The van der Waals surface area contributed by atoms with E-state index in [2.05, 4.69) is 16.5 Å². The summed E-state index contributed by atoms with van der Waals surface area (Å²) >= 11 is 0. The minimum Gasteiger partial charge on any atom is -0.391 e. The molecule has 0 fully saturated rings. The summed E-state index contributed by atoms with van der Waals surface area (Å²) < 4.78 is 11.0. The highest BCUT2D eigenvalue weighted by Crippen LogP contribution is 2.33. The van der Waals surface area contributed by atoms with Crippen molar-refractivity contribution in [3.63, 3.8) is 0 Å². The normalized spacial score (nSPS) is 11.2. The van der Waals surface area contributed by atoms with E-state index in [1.165, 1.54) is 12.5 Å². The van der Waals surface area contributed by atoms with Gasteiger partial charge in [0, 0.05) is 32.6 Å². The topological polar surface area (TPSA) is 160 Å². The monoisotopic (exact) mass is 356 g/mol. The zero-order valence-corrected chi connectivity index (χ0v) is 14.0. The van der Waals surface area contributed by atoms with E-state index in [4.69, 9.17) is 20.8 Å². The fourth-order valence-corrected chi connectivity index (χ4v) is 2.52. The van der Waals surface area contributed by atoms with Gasteiger partial charge in [-0.1, -0.05) is 6.58 Å². The summed E-state index contributed by atoms with van der Waals surface area (Å²) in [6.07, 6.45) is 2.63. The molecule has 5 N–H and O–H groups in total. The van der Waals surface area contributed by atoms with E-state index in [1.807, 2.05) is 6.07 Å². The first kappa shape index (κ1) is 19.9. The van der Waals surface area contributed by atoms with E-state index in [-0.39, 0.29) is 30.6 Å². The third kappa shape index (κ3) is 6.52. The second-order valence-corrected chi connectivity index (χ2v) is 6.76. The number of nitrogens with zero attached hydrogens (tertiary/aromatic N) is 4. The van der Waals surface area contributed by atoms with E-state index >= 15 is 0 Å². The Hall–Kier alpha value is -2.18. The molecule has 11 heteroatoms. The summed E-state index contributed by atoms with van der Waals surface area (Å²) in [4.78, 5) is 39.2. The van der Waals surface area contributed by atoms with Crippen LogP contribution in [0.1, 0.15) is 6.42 Å². The molecule has 1 rings (SSSR count). The minimum absolute atomic E-state index is 0.0452. The average molecular weight is 356 g/mol. The van der Waals surface area contributed by atoms with Gasteiger partial charge in [0.15, 0.2) is 5.82 Å². The van der Waals surface area contributed by atoms with Crippen LogP contribution in [-0.4, -0.2) is 57.0 Å². The first-order valence-electron chi connectivity index (χ1n) is 7.14. The van der Waals surface area contributed by atoms with Crippen LogP contribution in [-0.2, 0) is 4.57 Å². The maximum Gasteiger partial charge on any atom is 0.326 e. The molecule has 0 saturated heterocycles. The van der Waals surface area contributed by atoms with Crippen LogP contribution in [0.15, 0.2) is 23.9 Å². The number of aromatic nitrogens is 2. The van der Waals surface area contributed by atoms with Gasteiger partial charge in [-0.05, 0) is 6.20 Å². The van der Waals surface area contributed by atoms with E-state index in [1.54, 1.807) is 9.80 Å². The first-order valence-corrected chi connectivity index (χ1v) is 8.94. The number of anilines is 2. The molecule has 10 nitrogen and oxygen atoms in total. The molecular formula is C13H21N6O4P. The van der Waals surface area contributed by atoms with Crippen molar-refractivity contribution in [1.82, 2.24) is 14.9 Å². The molecule has 1 aromatic rings. The largest absolute Gasteiger partial charge is 0.391 e. The number of rotatable bonds is 10. The second-order valence-electron chi connectivity index (χ2n) is 4.98. The van der Waals surface area contributed by atoms with Gasteiger partial charge in [-0.2, -0.15) is 5.26 Å². The smallest absolute Gasteiger partial charge is 0.326 e. The third-order valence-corrected chi connectivity index (χ3v) is 4.05. The van der Waals surface area contributed by atoms with E-state index in [9.17, 15) is 9.36 Å². The summed E-state index contributed by atoms with van der Waals surface area (Å²) in [5.74, 6) is 0.254. The molecule has 0 aromatic carbocycles. The van der Waals surface area contributed by atoms with Crippen molar-refractivity contribution in [2.75, 3.05) is 43.0 Å². The molecule has 1 heterocycles. The lowest BCUT2D eigenvalue weighted by molar-refractivity contribution is 0.291. The van der Waals surface area contributed by atoms with E-state index in [0.717, 1.165) is 0 Å². The second kappa shape index (κ2) is 9.20. The SMILES string of the molecule is C=CN(CCN(CCC#N)CCP(=O)(O)O)c1nc[nH]c(=O)c1N. The van der Waals surface area contributed by atoms with Gasteiger partial charge in [0.2, 0.25) is 0 Å². The molecule has 0 aliphatic rings. The van der Waals surface area contributed by atoms with E-state index in [0.29, 0.717) is 19.6 Å². The number of hydrogen-bond acceptors (Lipinski definition) is 7. The maximum atomic E-state index is 11.5. The predicted molar refractivity (Wildman–Crippen MR) is 90.4 cm³/mol. The Labute approximate surface area is 139 Å². The third-order valence-electron chi connectivity index (χ3n) is 3.26. The van der Waals surface area contributed by atoms with Crippen molar-refractivity contribution < 1.29 is 14.4 Å². The van der Waals surface area contributed by atoms with Gasteiger partial charge in [-0.3, -0.25) is 14.3 Å². The van der Waals surface area contributed by atoms with Gasteiger partial charge in [-0.15, -0.1) is 0 Å². The van der Waals surface area contributed by atoms with Crippen molar-refractivity contribution in [1.29, 1.82) is 5.26 Å². The Morgan fingerprint density at radius 2 is 2.12 bits per heavy atom. The highest BCUT2D eigenvalue weighted by Gasteiger charge is 2.17. The fraction of sp³-hybridized carbons (Fsp3) is 0.462. The summed E-state index contributed by atoms with van der Waals surface area (Å²) in [7, 11) is -4.11. The zero-order valence-electron chi connectivity index (χ0n) is 13.1. The highest BCUT2D eigenvalue weighted by atomic mass is 31.2. The van der Waals surface area contributed by atoms with Crippen LogP contribution in [0.25, 0.3) is 0 Å². The summed E-state index contributed by atoms with van der Waals surface area (Å²) in [6.45, 7) is 4.91. The molecule has 0 unspecified atom stereocenters. The zero-order chi connectivity index (χ0) is 18.2. The maximum absolute atomic E-state index is 11.5. The number of nitrogens with two attached hydrogens (primary N) is 1. The summed E-state index contributed by atoms with van der Waals surface area (Å²) in [5, 5.41) is 8.69. The van der Waals surface area contributed by atoms with Gasteiger partial charge < -0.3 is 25.4 Å². The van der Waals surface area contributed by atoms with Crippen LogP contribution in [0, 0.1) is 11.3 Å². The van der Waals surface area contributed by atoms with Crippen LogP contribution in [0.5, 0.6) is 0 Å². The Morgan fingerprint density at radius 3 is 2.71 bits per heavy atom. The van der Waals surface area contributed by atoms with Crippen molar-refractivity contribution >= 4 is 19.1 Å². The molecule has 0 aliphatic carbocycles. The number of nitrogens with one attached hydrogen (secondary N) is 1.